The lowest BCUT2D eigenvalue weighted by Crippen LogP contribution is -2.77. The number of nitrogens with zero attached hydrogens (tertiary/aromatic N) is 4. The predicted molar refractivity (Wildman–Crippen MR) is 182 cm³/mol. The molecular weight excluding hydrogens is 681 g/mol. The lowest BCUT2D eigenvalue weighted by molar-refractivity contribution is -0.172. The third kappa shape index (κ3) is 2.86. The minimum absolute atomic E-state index is 0.122. The molecule has 0 aromatic heterocycles. The molecule has 1 unspecified atom stereocenters. The third-order valence-electron chi connectivity index (χ3n) is 12.2. The van der Waals surface area contributed by atoms with Crippen molar-refractivity contribution in [1.29, 1.82) is 0 Å². The van der Waals surface area contributed by atoms with Crippen molar-refractivity contribution in [2.45, 2.75) is 63.1 Å². The zero-order valence-corrected chi connectivity index (χ0v) is 28.9. The zero-order valence-electron chi connectivity index (χ0n) is 25.6. The minimum Gasteiger partial charge on any atom is -0.393 e. The van der Waals surface area contributed by atoms with Crippen molar-refractivity contribution in [3.8, 4) is 0 Å². The molecule has 12 nitrogen and oxygen atoms in total. The van der Waals surface area contributed by atoms with Gasteiger partial charge >= 0.3 is 0 Å². The first kappa shape index (κ1) is 30.3. The Morgan fingerprint density at radius 2 is 1.36 bits per heavy atom. The van der Waals surface area contributed by atoms with E-state index in [4.69, 9.17) is 11.7 Å². The van der Waals surface area contributed by atoms with Crippen molar-refractivity contribution in [2.24, 2.45) is 0 Å². The molecular formula is C31H32N6O6S4. The van der Waals surface area contributed by atoms with E-state index in [9.17, 15) is 29.4 Å². The van der Waals surface area contributed by atoms with Crippen molar-refractivity contribution in [3.63, 3.8) is 0 Å². The summed E-state index contributed by atoms with van der Waals surface area (Å²) in [6, 6.07) is 15.6. The van der Waals surface area contributed by atoms with E-state index in [-0.39, 0.29) is 30.6 Å². The molecule has 1 spiro atoms. The number of benzene rings is 2. The maximum Gasteiger partial charge on any atom is 0.265 e. The highest BCUT2D eigenvalue weighted by Gasteiger charge is 2.86. The average molecular weight is 713 g/mol. The summed E-state index contributed by atoms with van der Waals surface area (Å²) >= 11 is 4.70. The summed E-state index contributed by atoms with van der Waals surface area (Å²) in [6.45, 7) is 0.441. The van der Waals surface area contributed by atoms with Crippen LogP contribution >= 0.6 is 44.0 Å². The van der Waals surface area contributed by atoms with E-state index in [1.807, 2.05) is 48.5 Å². The molecule has 8 heterocycles. The third-order valence-corrected chi connectivity index (χ3v) is 17.6. The second-order valence-corrected chi connectivity index (χ2v) is 17.9. The number of amides is 4. The molecule has 0 saturated carbocycles. The number of rotatable bonds is 4. The number of carbonyl (C=O) groups is 4. The predicted octanol–water partition coefficient (Wildman–Crippen LogP) is 1.58. The standard InChI is InChI=1S/C31H32N6O6S4/c1-26(14-38)22(40)36-20-27(16-8-4-6-10-18(16)32-20,12-29(36,45-44)23(41)34(26)2)28-13-30-24(42)35(3)31(15-39,47-46-30)25(43)37(30)21(28)33-19-11-7-5-9-17(19)28/h4-11,20-21,32-33,38-39,44H,12-15H2,1-3H3/t20-,21-,26-,27+,28+,29+,30+,31?/m1/s1. The summed E-state index contributed by atoms with van der Waals surface area (Å²) < 4.78 is 0. The number of piperazine rings is 2. The SMILES string of the molecule is CN1C(=O)[C@@]23C[C@]4([C@]56C[C@]7(SS)C(=O)N(C)[C@](C)(CO)C(=O)N7[C@H]5Nc5ccccc56)c5ccccc5N[C@@H]4N2C(=O)C1(CO)SS3. The highest BCUT2D eigenvalue weighted by Crippen LogP contribution is 2.77. The lowest BCUT2D eigenvalue weighted by atomic mass is 9.54. The van der Waals surface area contributed by atoms with Crippen molar-refractivity contribution in [3.05, 3.63) is 59.7 Å². The highest BCUT2D eigenvalue weighted by molar-refractivity contribution is 8.78. The second kappa shape index (κ2) is 9.07. The van der Waals surface area contributed by atoms with Gasteiger partial charge in [0.25, 0.3) is 23.6 Å². The monoisotopic (exact) mass is 712 g/mol. The number of anilines is 2. The number of fused-ring (bicyclic) bond motifs is 11. The van der Waals surface area contributed by atoms with Gasteiger partial charge in [0.15, 0.2) is 9.74 Å². The van der Waals surface area contributed by atoms with E-state index in [2.05, 4.69) is 10.6 Å². The van der Waals surface area contributed by atoms with Gasteiger partial charge in [-0.15, -0.1) is 11.7 Å². The van der Waals surface area contributed by atoms with Crippen molar-refractivity contribution < 1.29 is 29.4 Å². The molecule has 246 valence electrons. The number of thiol groups is 1. The Morgan fingerprint density at radius 1 is 0.787 bits per heavy atom. The molecule has 16 heteroatoms. The molecule has 6 saturated heterocycles. The maximum absolute atomic E-state index is 14.8. The van der Waals surface area contributed by atoms with Crippen LogP contribution in [0.4, 0.5) is 11.4 Å². The number of likely N-dealkylation sites (N-methyl/N-ethyl adjacent to an activating group) is 2. The molecule has 47 heavy (non-hydrogen) atoms. The fourth-order valence-corrected chi connectivity index (χ4v) is 14.9. The normalized spacial score (nSPS) is 42.2. The fourth-order valence-electron chi connectivity index (χ4n) is 9.80. The Morgan fingerprint density at radius 3 is 1.94 bits per heavy atom. The summed E-state index contributed by atoms with van der Waals surface area (Å²) in [5.41, 5.74) is -0.351. The summed E-state index contributed by atoms with van der Waals surface area (Å²) in [5.74, 6) is -1.42. The number of hydrogen-bond donors (Lipinski definition) is 5. The summed E-state index contributed by atoms with van der Waals surface area (Å²) in [5, 5.41) is 28.5. The van der Waals surface area contributed by atoms with Gasteiger partial charge in [0, 0.05) is 38.3 Å². The van der Waals surface area contributed by atoms with E-state index in [1.54, 1.807) is 23.8 Å². The van der Waals surface area contributed by atoms with Crippen molar-refractivity contribution in [2.75, 3.05) is 37.9 Å². The van der Waals surface area contributed by atoms with Crippen molar-refractivity contribution in [1.82, 2.24) is 19.6 Å². The van der Waals surface area contributed by atoms with Crippen LogP contribution in [0.25, 0.3) is 0 Å². The zero-order chi connectivity index (χ0) is 33.1. The van der Waals surface area contributed by atoms with Crippen LogP contribution in [0.5, 0.6) is 0 Å². The number of hydrogen-bond acceptors (Lipinski definition) is 12. The van der Waals surface area contributed by atoms with Crippen LogP contribution in [-0.4, -0.2) is 113 Å². The molecule has 2 bridgehead atoms. The largest absolute Gasteiger partial charge is 0.393 e. The number of para-hydroxylation sites is 2. The first-order valence-electron chi connectivity index (χ1n) is 15.3. The number of aliphatic hydroxyl groups is 2. The molecule has 10 rings (SSSR count). The van der Waals surface area contributed by atoms with Crippen LogP contribution in [0.3, 0.4) is 0 Å². The van der Waals surface area contributed by atoms with Crippen LogP contribution < -0.4 is 10.6 Å². The Labute approximate surface area is 287 Å². The molecule has 4 N–H and O–H groups in total. The summed E-state index contributed by atoms with van der Waals surface area (Å²) in [6.07, 6.45) is -1.27. The molecule has 2 aromatic rings. The molecule has 8 atom stereocenters. The molecule has 4 amide bonds. The van der Waals surface area contributed by atoms with Gasteiger partial charge in [-0.2, -0.15) is 0 Å². The van der Waals surface area contributed by atoms with Gasteiger partial charge in [0.05, 0.1) is 24.0 Å². The van der Waals surface area contributed by atoms with E-state index < -0.39 is 62.4 Å². The number of carbonyl (C=O) groups excluding carboxylic acids is 4. The smallest absolute Gasteiger partial charge is 0.265 e. The average Bonchev–Trinajstić information content (AvgIpc) is 3.77. The van der Waals surface area contributed by atoms with Crippen molar-refractivity contribution >= 4 is 79.0 Å². The second-order valence-electron chi connectivity index (χ2n) is 13.8. The van der Waals surface area contributed by atoms with Gasteiger partial charge in [-0.1, -0.05) is 58.0 Å². The van der Waals surface area contributed by atoms with Gasteiger partial charge in [0.2, 0.25) is 4.87 Å². The molecule has 6 fully saturated rings. The van der Waals surface area contributed by atoms with Gasteiger partial charge in [0.1, 0.15) is 17.9 Å². The first-order valence-corrected chi connectivity index (χ1v) is 19.3. The number of aliphatic hydroxyl groups excluding tert-OH is 2. The Hall–Kier alpha value is -2.76. The molecule has 0 aliphatic carbocycles. The van der Waals surface area contributed by atoms with Gasteiger partial charge < -0.3 is 30.6 Å². The van der Waals surface area contributed by atoms with Crippen LogP contribution in [0.2, 0.25) is 0 Å². The van der Waals surface area contributed by atoms with Crippen LogP contribution in [0, 0.1) is 0 Å². The topological polar surface area (TPSA) is 146 Å². The summed E-state index contributed by atoms with van der Waals surface area (Å²) in [4.78, 5) is 60.4. The lowest BCUT2D eigenvalue weighted by Gasteiger charge is -2.57. The van der Waals surface area contributed by atoms with E-state index in [0.29, 0.717) is 0 Å². The van der Waals surface area contributed by atoms with Crippen LogP contribution in [0.15, 0.2) is 48.5 Å². The van der Waals surface area contributed by atoms with E-state index >= 15 is 0 Å². The fraction of sp³-hybridized carbons (Fsp3) is 0.484. The number of nitrogens with one attached hydrogen (secondary N) is 2. The Bertz CT molecular complexity index is 1850. The van der Waals surface area contributed by atoms with E-state index in [0.717, 1.165) is 33.3 Å². The van der Waals surface area contributed by atoms with Gasteiger partial charge in [-0.05, 0) is 41.0 Å². The Kier molecular flexibility index (Phi) is 5.85. The van der Waals surface area contributed by atoms with Gasteiger partial charge in [-0.25, -0.2) is 0 Å². The van der Waals surface area contributed by atoms with Crippen LogP contribution in [0.1, 0.15) is 30.9 Å². The molecule has 2 aromatic carbocycles. The van der Waals surface area contributed by atoms with Gasteiger partial charge in [-0.3, -0.25) is 29.0 Å². The molecule has 0 radical (unpaired) electrons. The highest BCUT2D eigenvalue weighted by atomic mass is 33.1. The summed E-state index contributed by atoms with van der Waals surface area (Å²) in [7, 11) is 6.63. The van der Waals surface area contributed by atoms with E-state index in [1.165, 1.54) is 38.4 Å². The first-order chi connectivity index (χ1) is 22.4. The van der Waals surface area contributed by atoms with Crippen LogP contribution in [-0.2, 0) is 30.0 Å². The molecule has 8 aliphatic rings. The minimum atomic E-state index is -1.53. The maximum atomic E-state index is 14.8. The Balaban J connectivity index is 1.38. The quantitative estimate of drug-likeness (QED) is 0.233. The molecule has 8 aliphatic heterocycles.